The van der Waals surface area contributed by atoms with Crippen LogP contribution in [0, 0.1) is 5.41 Å². The van der Waals surface area contributed by atoms with Crippen LogP contribution in [0.1, 0.15) is 60.5 Å². The Hall–Kier alpha value is -1.92. The van der Waals surface area contributed by atoms with E-state index in [2.05, 4.69) is 36.6 Å². The van der Waals surface area contributed by atoms with Gasteiger partial charge in [-0.05, 0) is 47.9 Å². The van der Waals surface area contributed by atoms with Crippen LogP contribution in [0.4, 0.5) is 0 Å². The normalized spacial score (nSPS) is 27.0. The topological polar surface area (TPSA) is 78.5 Å². The Balaban J connectivity index is 0.00000210. The Kier molecular flexibility index (Phi) is 5.32. The fourth-order valence-electron chi connectivity index (χ4n) is 4.60. The molecular weight excluding hydrogens is 366 g/mol. The maximum Gasteiger partial charge on any atom is 0.255 e. The number of nitrogens with one attached hydrogen (secondary N) is 2. The van der Waals surface area contributed by atoms with Crippen molar-refractivity contribution >= 4 is 30.1 Å². The van der Waals surface area contributed by atoms with Gasteiger partial charge in [0.15, 0.2) is 0 Å². The fourth-order valence-corrected chi connectivity index (χ4v) is 4.60. The summed E-state index contributed by atoms with van der Waals surface area (Å²) < 4.78 is 0. The van der Waals surface area contributed by atoms with Gasteiger partial charge in [0.1, 0.15) is 6.04 Å². The first-order valence-corrected chi connectivity index (χ1v) is 9.35. The molecule has 146 valence electrons. The van der Waals surface area contributed by atoms with Gasteiger partial charge in [-0.15, -0.1) is 12.4 Å². The highest BCUT2D eigenvalue weighted by Gasteiger charge is 2.40. The number of carbonyl (C=O) groups is 3. The molecule has 3 heterocycles. The molecule has 1 aromatic carbocycles. The first kappa shape index (κ1) is 19.8. The molecule has 6 nitrogen and oxygen atoms in total. The Morgan fingerprint density at radius 2 is 1.93 bits per heavy atom. The summed E-state index contributed by atoms with van der Waals surface area (Å²) >= 11 is 0. The molecule has 2 N–H and O–H groups in total. The van der Waals surface area contributed by atoms with Gasteiger partial charge in [-0.2, -0.15) is 0 Å². The SMILES string of the molecule is CC1(C)CNCCC1c1ccc2c(c1)CN(C1CCC(=O)NC1=O)C2=O.Cl. The third-order valence-electron chi connectivity index (χ3n) is 6.08. The van der Waals surface area contributed by atoms with Crippen LogP contribution in [0.15, 0.2) is 18.2 Å². The minimum absolute atomic E-state index is 0. The smallest absolute Gasteiger partial charge is 0.255 e. The van der Waals surface area contributed by atoms with Crippen LogP contribution in [0.2, 0.25) is 0 Å². The molecule has 27 heavy (non-hydrogen) atoms. The standard InChI is InChI=1S/C20H25N3O3.ClH/c1-20(2)11-21-8-7-15(20)12-3-4-14-13(9-12)10-23(19(14)26)16-5-6-17(24)22-18(16)25;/h3-4,9,15-16,21H,5-8,10-11H2,1-2H3,(H,22,24,25);1H. The van der Waals surface area contributed by atoms with E-state index in [-0.39, 0.29) is 42.0 Å². The van der Waals surface area contributed by atoms with E-state index in [1.165, 1.54) is 5.56 Å². The van der Waals surface area contributed by atoms with Gasteiger partial charge >= 0.3 is 0 Å². The molecule has 3 amide bonds. The molecule has 7 heteroatoms. The lowest BCUT2D eigenvalue weighted by Crippen LogP contribution is -2.52. The number of nitrogens with zero attached hydrogens (tertiary/aromatic N) is 1. The molecule has 2 fully saturated rings. The summed E-state index contributed by atoms with van der Waals surface area (Å²) in [5.74, 6) is -0.271. The van der Waals surface area contributed by atoms with Crippen molar-refractivity contribution in [2.75, 3.05) is 13.1 Å². The van der Waals surface area contributed by atoms with Gasteiger partial charge < -0.3 is 10.2 Å². The lowest BCUT2D eigenvalue weighted by atomic mass is 9.71. The van der Waals surface area contributed by atoms with Crippen molar-refractivity contribution in [3.05, 3.63) is 34.9 Å². The summed E-state index contributed by atoms with van der Waals surface area (Å²) in [6, 6.07) is 5.59. The minimum Gasteiger partial charge on any atom is -0.322 e. The van der Waals surface area contributed by atoms with Crippen LogP contribution in [-0.2, 0) is 16.1 Å². The zero-order chi connectivity index (χ0) is 18.5. The first-order chi connectivity index (χ1) is 12.4. The molecule has 0 radical (unpaired) electrons. The van der Waals surface area contributed by atoms with Crippen molar-refractivity contribution in [3.8, 4) is 0 Å². The number of fused-ring (bicyclic) bond motifs is 1. The largest absolute Gasteiger partial charge is 0.322 e. The number of carbonyl (C=O) groups excluding carboxylic acids is 3. The van der Waals surface area contributed by atoms with E-state index < -0.39 is 6.04 Å². The van der Waals surface area contributed by atoms with Crippen LogP contribution in [0.5, 0.6) is 0 Å². The molecule has 1 aromatic rings. The monoisotopic (exact) mass is 391 g/mol. The molecule has 0 saturated carbocycles. The van der Waals surface area contributed by atoms with Crippen molar-refractivity contribution < 1.29 is 14.4 Å². The first-order valence-electron chi connectivity index (χ1n) is 9.35. The van der Waals surface area contributed by atoms with Gasteiger partial charge in [0.2, 0.25) is 11.8 Å². The molecule has 2 unspecified atom stereocenters. The van der Waals surface area contributed by atoms with Gasteiger partial charge in [0.25, 0.3) is 5.91 Å². The van der Waals surface area contributed by atoms with Crippen LogP contribution >= 0.6 is 12.4 Å². The van der Waals surface area contributed by atoms with E-state index >= 15 is 0 Å². The van der Waals surface area contributed by atoms with Crippen molar-refractivity contribution in [2.24, 2.45) is 5.41 Å². The maximum absolute atomic E-state index is 12.8. The molecule has 0 aromatic heterocycles. The number of hydrogen-bond donors (Lipinski definition) is 2. The molecular formula is C20H26ClN3O3. The molecule has 4 rings (SSSR count). The van der Waals surface area contributed by atoms with E-state index in [1.54, 1.807) is 4.90 Å². The Labute approximate surface area is 165 Å². The highest BCUT2D eigenvalue weighted by molar-refractivity contribution is 6.05. The second kappa shape index (κ2) is 7.24. The maximum atomic E-state index is 12.8. The van der Waals surface area contributed by atoms with Gasteiger partial charge in [-0.1, -0.05) is 26.0 Å². The molecule has 2 saturated heterocycles. The number of piperidine rings is 2. The summed E-state index contributed by atoms with van der Waals surface area (Å²) in [7, 11) is 0. The van der Waals surface area contributed by atoms with Gasteiger partial charge in [0.05, 0.1) is 0 Å². The van der Waals surface area contributed by atoms with Crippen molar-refractivity contribution in [3.63, 3.8) is 0 Å². The van der Waals surface area contributed by atoms with Crippen LogP contribution in [-0.4, -0.2) is 41.8 Å². The average molecular weight is 392 g/mol. The van der Waals surface area contributed by atoms with Crippen LogP contribution in [0.3, 0.4) is 0 Å². The zero-order valence-electron chi connectivity index (χ0n) is 15.7. The molecule has 0 bridgehead atoms. The van der Waals surface area contributed by atoms with Gasteiger partial charge in [-0.25, -0.2) is 0 Å². The lowest BCUT2D eigenvalue weighted by molar-refractivity contribution is -0.136. The van der Waals surface area contributed by atoms with E-state index in [1.807, 2.05) is 6.07 Å². The summed E-state index contributed by atoms with van der Waals surface area (Å²) in [6.45, 7) is 6.98. The second-order valence-corrected chi connectivity index (χ2v) is 8.32. The Morgan fingerprint density at radius 3 is 2.63 bits per heavy atom. The van der Waals surface area contributed by atoms with Gasteiger partial charge in [-0.3, -0.25) is 19.7 Å². The number of rotatable bonds is 2. The van der Waals surface area contributed by atoms with Crippen molar-refractivity contribution in [1.82, 2.24) is 15.5 Å². The Morgan fingerprint density at radius 1 is 1.15 bits per heavy atom. The van der Waals surface area contributed by atoms with Crippen molar-refractivity contribution in [2.45, 2.75) is 51.6 Å². The van der Waals surface area contributed by atoms with E-state index in [0.717, 1.165) is 25.1 Å². The average Bonchev–Trinajstić information content (AvgIpc) is 2.90. The van der Waals surface area contributed by atoms with Crippen LogP contribution < -0.4 is 10.6 Å². The number of hydrogen-bond acceptors (Lipinski definition) is 4. The summed E-state index contributed by atoms with van der Waals surface area (Å²) in [4.78, 5) is 37.9. The highest BCUT2D eigenvalue weighted by atomic mass is 35.5. The zero-order valence-corrected chi connectivity index (χ0v) is 16.5. The predicted octanol–water partition coefficient (Wildman–Crippen LogP) is 1.97. The van der Waals surface area contributed by atoms with E-state index in [9.17, 15) is 14.4 Å². The van der Waals surface area contributed by atoms with Crippen LogP contribution in [0.25, 0.3) is 0 Å². The predicted molar refractivity (Wildman–Crippen MR) is 104 cm³/mol. The molecule has 3 aliphatic rings. The number of benzene rings is 1. The molecule has 0 aliphatic carbocycles. The number of imide groups is 1. The number of amides is 3. The second-order valence-electron chi connectivity index (χ2n) is 8.32. The van der Waals surface area contributed by atoms with Crippen molar-refractivity contribution in [1.29, 1.82) is 0 Å². The fraction of sp³-hybridized carbons (Fsp3) is 0.550. The third-order valence-corrected chi connectivity index (χ3v) is 6.08. The minimum atomic E-state index is -0.550. The van der Waals surface area contributed by atoms with E-state index in [0.29, 0.717) is 24.4 Å². The molecule has 0 spiro atoms. The Bertz CT molecular complexity index is 793. The van der Waals surface area contributed by atoms with E-state index in [4.69, 9.17) is 0 Å². The molecule has 3 aliphatic heterocycles. The summed E-state index contributed by atoms with van der Waals surface area (Å²) in [5, 5.41) is 5.81. The quantitative estimate of drug-likeness (QED) is 0.755. The summed E-state index contributed by atoms with van der Waals surface area (Å²) in [6.07, 6.45) is 1.76. The summed E-state index contributed by atoms with van der Waals surface area (Å²) in [5.41, 5.74) is 3.11. The number of halogens is 1. The lowest BCUT2D eigenvalue weighted by Gasteiger charge is -2.39. The highest BCUT2D eigenvalue weighted by Crippen LogP contribution is 2.41. The third kappa shape index (κ3) is 3.48. The van der Waals surface area contributed by atoms with Gasteiger partial charge in [0, 0.05) is 25.1 Å². The molecule has 2 atom stereocenters.